The number of fused-ring (bicyclic) bond motifs is 1. The molecule has 4 rings (SSSR count). The Morgan fingerprint density at radius 2 is 1.17 bits per heavy atom. The summed E-state index contributed by atoms with van der Waals surface area (Å²) in [5.74, 6) is -0.860. The molecule has 210 valence electrons. The van der Waals surface area contributed by atoms with E-state index in [2.05, 4.69) is 0 Å². The average molecular weight is 556 g/mol. The zero-order chi connectivity index (χ0) is 29.0. The Morgan fingerprint density at radius 1 is 0.634 bits per heavy atom. The van der Waals surface area contributed by atoms with Gasteiger partial charge >= 0.3 is 11.9 Å². The number of hydrogen-bond acceptors (Lipinski definition) is 5. The molecule has 0 aliphatic heterocycles. The van der Waals surface area contributed by atoms with Gasteiger partial charge in [0.05, 0.1) is 11.6 Å². The van der Waals surface area contributed by atoms with E-state index in [4.69, 9.17) is 14.7 Å². The predicted octanol–water partition coefficient (Wildman–Crippen LogP) is 8.68. The van der Waals surface area contributed by atoms with Crippen LogP contribution in [0, 0.1) is 23.0 Å². The lowest BCUT2D eigenvalue weighted by Gasteiger charge is -2.08. The fraction of sp³-hybridized carbons (Fsp3) is 0.265. The maximum absolute atomic E-state index is 14.6. The van der Waals surface area contributed by atoms with Crippen LogP contribution in [0.15, 0.2) is 78.9 Å². The van der Waals surface area contributed by atoms with Crippen LogP contribution in [-0.2, 0) is 9.59 Å². The average Bonchev–Trinajstić information content (AvgIpc) is 2.96. The van der Waals surface area contributed by atoms with Crippen LogP contribution in [0.2, 0.25) is 0 Å². The van der Waals surface area contributed by atoms with E-state index in [0.29, 0.717) is 35.3 Å². The molecule has 4 aromatic rings. The van der Waals surface area contributed by atoms with Gasteiger partial charge in [-0.05, 0) is 77.7 Å². The normalized spacial score (nSPS) is 10.8. The van der Waals surface area contributed by atoms with E-state index in [1.807, 2.05) is 6.07 Å². The van der Waals surface area contributed by atoms with E-state index in [1.165, 1.54) is 18.2 Å². The Morgan fingerprint density at radius 3 is 1.78 bits per heavy atom. The third kappa shape index (κ3) is 8.97. The Balaban J connectivity index is 1.05. The highest BCUT2D eigenvalue weighted by Crippen LogP contribution is 2.27. The van der Waals surface area contributed by atoms with Crippen molar-refractivity contribution in [2.75, 3.05) is 0 Å². The minimum Gasteiger partial charge on any atom is -0.427 e. The van der Waals surface area contributed by atoms with Crippen LogP contribution in [0.25, 0.3) is 21.9 Å². The van der Waals surface area contributed by atoms with Gasteiger partial charge in [0.25, 0.3) is 0 Å². The number of unbranched alkanes of at least 4 members (excludes halogenated alkanes) is 6. The second-order valence-corrected chi connectivity index (χ2v) is 9.91. The molecular weight excluding hydrogens is 524 g/mol. The van der Waals surface area contributed by atoms with Crippen molar-refractivity contribution in [2.24, 2.45) is 0 Å². The number of carbonyl (C=O) groups excluding carboxylic acids is 2. The van der Waals surface area contributed by atoms with Gasteiger partial charge in [0, 0.05) is 24.5 Å². The van der Waals surface area contributed by atoms with Crippen molar-refractivity contribution >= 4 is 22.7 Å². The van der Waals surface area contributed by atoms with E-state index in [9.17, 15) is 18.4 Å². The molecule has 0 aromatic heterocycles. The van der Waals surface area contributed by atoms with E-state index in [-0.39, 0.29) is 24.0 Å². The van der Waals surface area contributed by atoms with Gasteiger partial charge in [-0.15, -0.1) is 0 Å². The number of ether oxygens (including phenoxy) is 2. The Bertz CT molecular complexity index is 1540. The first-order chi connectivity index (χ1) is 19.9. The number of nitriles is 1. The van der Waals surface area contributed by atoms with Crippen LogP contribution >= 0.6 is 0 Å². The number of rotatable bonds is 13. The van der Waals surface area contributed by atoms with Crippen molar-refractivity contribution in [3.8, 4) is 28.7 Å². The summed E-state index contributed by atoms with van der Waals surface area (Å²) in [6, 6.07) is 22.6. The van der Waals surface area contributed by atoms with Crippen molar-refractivity contribution in [1.82, 2.24) is 0 Å². The zero-order valence-electron chi connectivity index (χ0n) is 22.7. The summed E-state index contributed by atoms with van der Waals surface area (Å²) < 4.78 is 38.6. The number of hydrogen-bond donors (Lipinski definition) is 0. The van der Waals surface area contributed by atoms with Crippen molar-refractivity contribution in [3.63, 3.8) is 0 Å². The molecule has 0 unspecified atom stereocenters. The first kappa shape index (κ1) is 29.4. The van der Waals surface area contributed by atoms with E-state index < -0.39 is 11.8 Å². The van der Waals surface area contributed by atoms with Gasteiger partial charge in [-0.1, -0.05) is 56.4 Å². The summed E-state index contributed by atoms with van der Waals surface area (Å²) in [4.78, 5) is 24.3. The fourth-order valence-corrected chi connectivity index (χ4v) is 4.56. The summed E-state index contributed by atoms with van der Waals surface area (Å²) in [5, 5.41) is 10.5. The molecule has 0 radical (unpaired) electrons. The number of nitrogens with zero attached hydrogens (tertiary/aromatic N) is 1. The molecule has 41 heavy (non-hydrogen) atoms. The number of carbonyl (C=O) groups is 2. The predicted molar refractivity (Wildman–Crippen MR) is 153 cm³/mol. The molecular formula is C34H31F2NO4. The Kier molecular flexibility index (Phi) is 10.6. The molecule has 0 bridgehead atoms. The SMILES string of the molecule is N#Cc1ccc(-c2ccc(OC(=O)CCCCCCCCCC(=O)Oc3ccc4cc(F)ccc4c3)cc2F)cc1. The molecule has 0 saturated heterocycles. The van der Waals surface area contributed by atoms with Crippen LogP contribution in [0.3, 0.4) is 0 Å². The minimum atomic E-state index is -0.500. The van der Waals surface area contributed by atoms with Crippen molar-refractivity contribution in [2.45, 2.75) is 57.8 Å². The highest BCUT2D eigenvalue weighted by molar-refractivity contribution is 5.85. The third-order valence-corrected chi connectivity index (χ3v) is 6.76. The van der Waals surface area contributed by atoms with Crippen LogP contribution in [0.1, 0.15) is 63.4 Å². The molecule has 0 fully saturated rings. The summed E-state index contributed by atoms with van der Waals surface area (Å²) in [5.41, 5.74) is 1.51. The Labute approximate surface area is 238 Å². The van der Waals surface area contributed by atoms with Gasteiger partial charge < -0.3 is 9.47 Å². The summed E-state index contributed by atoms with van der Waals surface area (Å²) in [7, 11) is 0. The smallest absolute Gasteiger partial charge is 0.311 e. The number of halogens is 2. The van der Waals surface area contributed by atoms with Crippen LogP contribution in [0.4, 0.5) is 8.78 Å². The molecule has 0 amide bonds. The second kappa shape index (κ2) is 14.7. The molecule has 0 N–H and O–H groups in total. The van der Waals surface area contributed by atoms with Crippen molar-refractivity contribution in [3.05, 3.63) is 96.1 Å². The van der Waals surface area contributed by atoms with Crippen LogP contribution in [-0.4, -0.2) is 11.9 Å². The molecule has 0 saturated carbocycles. The van der Waals surface area contributed by atoms with Gasteiger partial charge in [-0.3, -0.25) is 9.59 Å². The van der Waals surface area contributed by atoms with Crippen molar-refractivity contribution < 1.29 is 27.8 Å². The first-order valence-corrected chi connectivity index (χ1v) is 13.8. The third-order valence-electron chi connectivity index (χ3n) is 6.76. The van der Waals surface area contributed by atoms with Gasteiger partial charge in [0.1, 0.15) is 23.1 Å². The van der Waals surface area contributed by atoms with Crippen LogP contribution in [0.5, 0.6) is 11.5 Å². The lowest BCUT2D eigenvalue weighted by Crippen LogP contribution is -2.08. The summed E-state index contributed by atoms with van der Waals surface area (Å²) in [6.07, 6.45) is 6.80. The van der Waals surface area contributed by atoms with Gasteiger partial charge in [-0.2, -0.15) is 5.26 Å². The molecule has 4 aromatic carbocycles. The monoisotopic (exact) mass is 555 g/mol. The second-order valence-electron chi connectivity index (χ2n) is 9.91. The lowest BCUT2D eigenvalue weighted by molar-refractivity contribution is -0.135. The maximum atomic E-state index is 14.6. The molecule has 0 spiro atoms. The standard InChI is InChI=1S/C34H31F2NO4/c35-28-16-14-27-21-29(17-15-26(27)20-28)40-33(38)8-6-4-2-1-3-5-7-9-34(39)41-30-18-19-31(32(36)22-30)25-12-10-24(23-37)11-13-25/h10-22H,1-9H2. The van der Waals surface area contributed by atoms with E-state index in [1.54, 1.807) is 60.7 Å². The number of esters is 2. The highest BCUT2D eigenvalue weighted by atomic mass is 19.1. The molecule has 5 nitrogen and oxygen atoms in total. The van der Waals surface area contributed by atoms with Crippen molar-refractivity contribution in [1.29, 1.82) is 5.26 Å². The molecule has 7 heteroatoms. The number of benzene rings is 4. The summed E-state index contributed by atoms with van der Waals surface area (Å²) in [6.45, 7) is 0. The first-order valence-electron chi connectivity index (χ1n) is 13.8. The van der Waals surface area contributed by atoms with E-state index in [0.717, 1.165) is 49.3 Å². The van der Waals surface area contributed by atoms with E-state index >= 15 is 0 Å². The highest BCUT2D eigenvalue weighted by Gasteiger charge is 2.11. The summed E-state index contributed by atoms with van der Waals surface area (Å²) >= 11 is 0. The van der Waals surface area contributed by atoms with Gasteiger partial charge in [-0.25, -0.2) is 8.78 Å². The molecule has 0 aliphatic rings. The zero-order valence-corrected chi connectivity index (χ0v) is 22.7. The van der Waals surface area contributed by atoms with Gasteiger partial charge in [0.2, 0.25) is 0 Å². The maximum Gasteiger partial charge on any atom is 0.311 e. The molecule has 0 aliphatic carbocycles. The Hall–Kier alpha value is -4.57. The lowest BCUT2D eigenvalue weighted by atomic mass is 10.0. The quantitative estimate of drug-likeness (QED) is 0.0937. The minimum absolute atomic E-state index is 0.166. The fourth-order valence-electron chi connectivity index (χ4n) is 4.56. The topological polar surface area (TPSA) is 76.4 Å². The molecule has 0 heterocycles. The van der Waals surface area contributed by atoms with Crippen LogP contribution < -0.4 is 9.47 Å². The molecule has 0 atom stereocenters. The van der Waals surface area contributed by atoms with Gasteiger partial charge in [0.15, 0.2) is 0 Å². The largest absolute Gasteiger partial charge is 0.427 e.